The third kappa shape index (κ3) is 3.70. The van der Waals surface area contributed by atoms with Crippen molar-refractivity contribution in [1.82, 2.24) is 9.80 Å². The van der Waals surface area contributed by atoms with Gasteiger partial charge in [-0.1, -0.05) is 0 Å². The molecule has 1 rings (SSSR count). The molecule has 3 atom stereocenters. The van der Waals surface area contributed by atoms with Gasteiger partial charge in [0.25, 0.3) is 0 Å². The van der Waals surface area contributed by atoms with Crippen LogP contribution in [-0.2, 0) is 0 Å². The molecule has 1 fully saturated rings. The van der Waals surface area contributed by atoms with Gasteiger partial charge in [-0.3, -0.25) is 9.80 Å². The lowest BCUT2D eigenvalue weighted by molar-refractivity contribution is -0.0912. The minimum Gasteiger partial charge on any atom is -0.379 e. The highest BCUT2D eigenvalue weighted by Gasteiger charge is 2.23. The Morgan fingerprint density at radius 2 is 1.93 bits per heavy atom. The lowest BCUT2D eigenvalue weighted by atomic mass is 10.4. The van der Waals surface area contributed by atoms with E-state index >= 15 is 0 Å². The fraction of sp³-hybridized carbons (Fsp3) is 1.00. The molecule has 0 bridgehead atoms. The Morgan fingerprint density at radius 3 is 2.33 bits per heavy atom. The predicted molar refractivity (Wildman–Crippen MR) is 56.9 cm³/mol. The Morgan fingerprint density at radius 1 is 1.33 bits per heavy atom. The van der Waals surface area contributed by atoms with Crippen LogP contribution < -0.4 is 0 Å². The van der Waals surface area contributed by atoms with Gasteiger partial charge in [0.2, 0.25) is 0 Å². The van der Waals surface area contributed by atoms with Gasteiger partial charge in [0, 0.05) is 19.6 Å². The zero-order valence-corrected chi connectivity index (χ0v) is 9.50. The van der Waals surface area contributed by atoms with Gasteiger partial charge in [-0.05, 0) is 26.7 Å². The molecule has 1 heterocycles. The van der Waals surface area contributed by atoms with Crippen molar-refractivity contribution in [1.29, 1.82) is 0 Å². The number of nitrogens with zero attached hydrogens (tertiary/aromatic N) is 2. The molecule has 0 saturated carbocycles. The molecule has 0 aromatic heterocycles. The van der Waals surface area contributed by atoms with Gasteiger partial charge in [0.05, 0.1) is 0 Å². The Balaban J connectivity index is 2.33. The summed E-state index contributed by atoms with van der Waals surface area (Å²) in [6, 6.07) is 0. The van der Waals surface area contributed by atoms with Crippen LogP contribution >= 0.6 is 0 Å². The lowest BCUT2D eigenvalue weighted by Gasteiger charge is -2.30. The topological polar surface area (TPSA) is 67.2 Å². The van der Waals surface area contributed by atoms with Crippen molar-refractivity contribution < 1.29 is 15.3 Å². The van der Waals surface area contributed by atoms with E-state index < -0.39 is 12.5 Å². The zero-order chi connectivity index (χ0) is 11.4. The van der Waals surface area contributed by atoms with Crippen LogP contribution in [0.4, 0.5) is 0 Å². The van der Waals surface area contributed by atoms with E-state index in [0.29, 0.717) is 13.1 Å². The summed E-state index contributed by atoms with van der Waals surface area (Å²) in [4.78, 5) is 3.56. The quantitative estimate of drug-likeness (QED) is 0.537. The third-order valence-electron chi connectivity index (χ3n) is 2.93. The summed E-state index contributed by atoms with van der Waals surface area (Å²) in [7, 11) is 0. The number of aliphatic hydroxyl groups excluding tert-OH is 3. The highest BCUT2D eigenvalue weighted by atomic mass is 16.3. The molecule has 1 aliphatic rings. The molecule has 1 aliphatic heterocycles. The SMILES string of the molecule is CC(O)N(CCN1CCCC1O)C(C)O. The first-order chi connectivity index (χ1) is 7.02. The summed E-state index contributed by atoms with van der Waals surface area (Å²) < 4.78 is 0. The molecule has 0 aromatic rings. The largest absolute Gasteiger partial charge is 0.379 e. The smallest absolute Gasteiger partial charge is 0.107 e. The van der Waals surface area contributed by atoms with Gasteiger partial charge >= 0.3 is 0 Å². The van der Waals surface area contributed by atoms with Crippen LogP contribution in [0.2, 0.25) is 0 Å². The fourth-order valence-corrected chi connectivity index (χ4v) is 2.00. The van der Waals surface area contributed by atoms with E-state index in [4.69, 9.17) is 0 Å². The average molecular weight is 218 g/mol. The molecule has 15 heavy (non-hydrogen) atoms. The monoisotopic (exact) mass is 218 g/mol. The van der Waals surface area contributed by atoms with Gasteiger partial charge in [-0.2, -0.15) is 0 Å². The molecule has 1 saturated heterocycles. The van der Waals surface area contributed by atoms with Crippen molar-refractivity contribution >= 4 is 0 Å². The Bertz CT molecular complexity index is 180. The molecular weight excluding hydrogens is 196 g/mol. The Labute approximate surface area is 90.9 Å². The maximum absolute atomic E-state index is 9.56. The van der Waals surface area contributed by atoms with Crippen LogP contribution in [0.3, 0.4) is 0 Å². The summed E-state index contributed by atoms with van der Waals surface area (Å²) in [5.74, 6) is 0. The fourth-order valence-electron chi connectivity index (χ4n) is 2.00. The average Bonchev–Trinajstić information content (AvgIpc) is 2.51. The zero-order valence-electron chi connectivity index (χ0n) is 9.50. The molecule has 90 valence electrons. The van der Waals surface area contributed by atoms with Gasteiger partial charge in [-0.15, -0.1) is 0 Å². The van der Waals surface area contributed by atoms with Crippen LogP contribution in [0.25, 0.3) is 0 Å². The van der Waals surface area contributed by atoms with Gasteiger partial charge < -0.3 is 15.3 Å². The Kier molecular flexibility index (Phi) is 4.95. The first kappa shape index (κ1) is 12.9. The number of hydrogen-bond donors (Lipinski definition) is 3. The summed E-state index contributed by atoms with van der Waals surface area (Å²) in [5, 5.41) is 28.4. The number of likely N-dealkylation sites (tertiary alicyclic amines) is 1. The van der Waals surface area contributed by atoms with Crippen molar-refractivity contribution in [2.24, 2.45) is 0 Å². The second-order valence-corrected chi connectivity index (χ2v) is 4.16. The normalized spacial score (nSPS) is 27.2. The molecule has 3 unspecified atom stereocenters. The molecule has 5 heteroatoms. The van der Waals surface area contributed by atoms with Gasteiger partial charge in [0.15, 0.2) is 0 Å². The van der Waals surface area contributed by atoms with Crippen LogP contribution in [0.5, 0.6) is 0 Å². The van der Waals surface area contributed by atoms with E-state index in [1.165, 1.54) is 0 Å². The number of hydrogen-bond acceptors (Lipinski definition) is 5. The second kappa shape index (κ2) is 5.77. The number of aliphatic hydroxyl groups is 3. The van der Waals surface area contributed by atoms with E-state index in [0.717, 1.165) is 19.4 Å². The van der Waals surface area contributed by atoms with Gasteiger partial charge in [0.1, 0.15) is 18.7 Å². The highest BCUT2D eigenvalue weighted by molar-refractivity contribution is 4.72. The molecule has 3 N–H and O–H groups in total. The summed E-state index contributed by atoms with van der Waals surface area (Å²) in [6.45, 7) is 5.40. The van der Waals surface area contributed by atoms with Crippen molar-refractivity contribution in [2.75, 3.05) is 19.6 Å². The molecule has 0 aromatic carbocycles. The molecule has 0 spiro atoms. The van der Waals surface area contributed by atoms with E-state index in [2.05, 4.69) is 0 Å². The van der Waals surface area contributed by atoms with Crippen LogP contribution in [0, 0.1) is 0 Å². The summed E-state index contributed by atoms with van der Waals surface area (Å²) >= 11 is 0. The molecule has 0 aliphatic carbocycles. The van der Waals surface area contributed by atoms with Crippen LogP contribution in [-0.4, -0.2) is 63.4 Å². The van der Waals surface area contributed by atoms with E-state index in [-0.39, 0.29) is 6.23 Å². The van der Waals surface area contributed by atoms with Crippen molar-refractivity contribution in [2.45, 2.75) is 45.4 Å². The molecule has 0 amide bonds. The van der Waals surface area contributed by atoms with Crippen LogP contribution in [0.15, 0.2) is 0 Å². The standard InChI is InChI=1S/C10H22N2O3/c1-8(13)12(9(2)14)7-6-11-5-3-4-10(11)15/h8-10,13-15H,3-7H2,1-2H3. The number of rotatable bonds is 5. The maximum atomic E-state index is 9.56. The second-order valence-electron chi connectivity index (χ2n) is 4.16. The molecular formula is C10H22N2O3. The molecule has 5 nitrogen and oxygen atoms in total. The highest BCUT2D eigenvalue weighted by Crippen LogP contribution is 2.14. The maximum Gasteiger partial charge on any atom is 0.107 e. The first-order valence-corrected chi connectivity index (χ1v) is 5.56. The van der Waals surface area contributed by atoms with Crippen molar-refractivity contribution in [3.05, 3.63) is 0 Å². The molecule has 0 radical (unpaired) electrons. The summed E-state index contributed by atoms with van der Waals surface area (Å²) in [6.07, 6.45) is 0.165. The van der Waals surface area contributed by atoms with E-state index in [9.17, 15) is 15.3 Å². The van der Waals surface area contributed by atoms with Crippen molar-refractivity contribution in [3.63, 3.8) is 0 Å². The minimum absolute atomic E-state index is 0.352. The minimum atomic E-state index is -0.662. The summed E-state index contributed by atoms with van der Waals surface area (Å²) in [5.41, 5.74) is 0. The third-order valence-corrected chi connectivity index (χ3v) is 2.93. The first-order valence-electron chi connectivity index (χ1n) is 5.56. The Hall–Kier alpha value is -0.200. The van der Waals surface area contributed by atoms with Crippen LogP contribution in [0.1, 0.15) is 26.7 Å². The lowest BCUT2D eigenvalue weighted by Crippen LogP contribution is -2.45. The van der Waals surface area contributed by atoms with Gasteiger partial charge in [-0.25, -0.2) is 0 Å². The predicted octanol–water partition coefficient (Wildman–Crippen LogP) is -0.621. The van der Waals surface area contributed by atoms with E-state index in [1.54, 1.807) is 18.7 Å². The van der Waals surface area contributed by atoms with Crippen molar-refractivity contribution in [3.8, 4) is 0 Å². The van der Waals surface area contributed by atoms with E-state index in [1.807, 2.05) is 4.90 Å².